The molecule has 1 aromatic heterocycles. The average molecular weight is 286 g/mol. The Hall–Kier alpha value is -2.54. The van der Waals surface area contributed by atoms with Gasteiger partial charge in [-0.05, 0) is 41.2 Å². The lowest BCUT2D eigenvalue weighted by Crippen LogP contribution is -2.04. The highest BCUT2D eigenvalue weighted by Crippen LogP contribution is 2.47. The Bertz CT molecular complexity index is 754. The first-order valence-corrected chi connectivity index (χ1v) is 7.76. The van der Waals surface area contributed by atoms with E-state index in [1.807, 2.05) is 6.07 Å². The van der Waals surface area contributed by atoms with Crippen molar-refractivity contribution in [2.75, 3.05) is 0 Å². The zero-order valence-electron chi connectivity index (χ0n) is 12.4. The molecule has 1 aliphatic rings. The minimum absolute atomic E-state index is 0.406. The maximum Gasteiger partial charge on any atom is 0.129 e. The first-order chi connectivity index (χ1) is 10.9. The van der Waals surface area contributed by atoms with Gasteiger partial charge in [0.25, 0.3) is 0 Å². The van der Waals surface area contributed by atoms with E-state index in [4.69, 9.17) is 4.42 Å². The number of benzene rings is 2. The number of hydrogen-bond donors (Lipinski definition) is 0. The molecular formula is C21H18O. The molecule has 0 aliphatic heterocycles. The topological polar surface area (TPSA) is 13.1 Å². The number of furan rings is 1. The normalized spacial score (nSPS) is 20.8. The van der Waals surface area contributed by atoms with Crippen LogP contribution in [0.5, 0.6) is 0 Å². The second-order valence-corrected chi connectivity index (χ2v) is 5.83. The van der Waals surface area contributed by atoms with Crippen molar-refractivity contribution in [1.29, 1.82) is 0 Å². The predicted molar refractivity (Wildman–Crippen MR) is 89.7 cm³/mol. The van der Waals surface area contributed by atoms with Gasteiger partial charge in [-0.25, -0.2) is 0 Å². The maximum absolute atomic E-state index is 5.62. The van der Waals surface area contributed by atoms with Crippen LogP contribution in [0.15, 0.2) is 89.6 Å². The second kappa shape index (κ2) is 5.69. The van der Waals surface area contributed by atoms with Gasteiger partial charge in [0.15, 0.2) is 0 Å². The van der Waals surface area contributed by atoms with E-state index in [1.165, 1.54) is 16.7 Å². The monoisotopic (exact) mass is 286 g/mol. The van der Waals surface area contributed by atoms with Crippen molar-refractivity contribution >= 4 is 5.57 Å². The van der Waals surface area contributed by atoms with Crippen LogP contribution in [0.3, 0.4) is 0 Å². The third-order valence-electron chi connectivity index (χ3n) is 4.50. The van der Waals surface area contributed by atoms with E-state index < -0.39 is 0 Å². The smallest absolute Gasteiger partial charge is 0.129 e. The second-order valence-electron chi connectivity index (χ2n) is 5.83. The zero-order valence-corrected chi connectivity index (χ0v) is 12.4. The highest BCUT2D eigenvalue weighted by molar-refractivity contribution is 5.67. The van der Waals surface area contributed by atoms with Gasteiger partial charge in [0.05, 0.1) is 6.26 Å². The zero-order chi connectivity index (χ0) is 14.8. The van der Waals surface area contributed by atoms with Crippen LogP contribution < -0.4 is 0 Å². The van der Waals surface area contributed by atoms with E-state index in [-0.39, 0.29) is 0 Å². The van der Waals surface area contributed by atoms with Gasteiger partial charge >= 0.3 is 0 Å². The molecule has 0 amide bonds. The fourth-order valence-corrected chi connectivity index (χ4v) is 3.44. The highest BCUT2D eigenvalue weighted by Gasteiger charge is 2.31. The van der Waals surface area contributed by atoms with Crippen LogP contribution in [-0.2, 0) is 0 Å². The molecule has 0 saturated carbocycles. The van der Waals surface area contributed by atoms with E-state index in [1.54, 1.807) is 6.26 Å². The van der Waals surface area contributed by atoms with E-state index in [0.29, 0.717) is 11.8 Å². The van der Waals surface area contributed by atoms with Crippen molar-refractivity contribution in [3.8, 4) is 0 Å². The molecule has 0 radical (unpaired) electrons. The molecule has 0 N–H and O–H groups in total. The molecule has 1 aliphatic carbocycles. The van der Waals surface area contributed by atoms with Gasteiger partial charge in [0.2, 0.25) is 0 Å². The van der Waals surface area contributed by atoms with Crippen LogP contribution >= 0.6 is 0 Å². The van der Waals surface area contributed by atoms with Gasteiger partial charge in [-0.15, -0.1) is 0 Å². The summed E-state index contributed by atoms with van der Waals surface area (Å²) in [6.07, 6.45) is 5.16. The molecule has 2 aromatic carbocycles. The Morgan fingerprint density at radius 2 is 1.41 bits per heavy atom. The van der Waals surface area contributed by atoms with Gasteiger partial charge in [-0.2, -0.15) is 0 Å². The molecule has 3 aromatic rings. The summed E-state index contributed by atoms with van der Waals surface area (Å²) in [5, 5.41) is 0. The fourth-order valence-electron chi connectivity index (χ4n) is 3.44. The summed E-state index contributed by atoms with van der Waals surface area (Å²) < 4.78 is 5.62. The van der Waals surface area contributed by atoms with Crippen molar-refractivity contribution in [3.05, 3.63) is 102 Å². The molecule has 0 spiro atoms. The molecule has 1 nitrogen and oxygen atoms in total. The maximum atomic E-state index is 5.62. The van der Waals surface area contributed by atoms with E-state index in [9.17, 15) is 0 Å². The SMILES string of the molecule is C1=C(c2ccco2)C[C@@H](c2ccccc2)[C@H]1c1ccccc1. The quantitative estimate of drug-likeness (QED) is 0.607. The van der Waals surface area contributed by atoms with Gasteiger partial charge in [0.1, 0.15) is 5.76 Å². The van der Waals surface area contributed by atoms with Gasteiger partial charge in [0, 0.05) is 5.92 Å². The van der Waals surface area contributed by atoms with Crippen LogP contribution in [0.4, 0.5) is 0 Å². The third kappa shape index (κ3) is 2.39. The van der Waals surface area contributed by atoms with Crippen LogP contribution in [0.1, 0.15) is 35.1 Å². The Balaban J connectivity index is 1.75. The third-order valence-corrected chi connectivity index (χ3v) is 4.50. The van der Waals surface area contributed by atoms with Gasteiger partial charge in [-0.3, -0.25) is 0 Å². The van der Waals surface area contributed by atoms with Crippen LogP contribution in [0.25, 0.3) is 5.57 Å². The Morgan fingerprint density at radius 1 is 0.727 bits per heavy atom. The Morgan fingerprint density at radius 3 is 2.05 bits per heavy atom. The summed E-state index contributed by atoms with van der Waals surface area (Å²) in [6.45, 7) is 0. The van der Waals surface area contributed by atoms with Crippen molar-refractivity contribution in [3.63, 3.8) is 0 Å². The molecule has 1 heteroatoms. The largest absolute Gasteiger partial charge is 0.465 e. The minimum atomic E-state index is 0.406. The number of hydrogen-bond acceptors (Lipinski definition) is 1. The summed E-state index contributed by atoms with van der Waals surface area (Å²) >= 11 is 0. The van der Waals surface area contributed by atoms with E-state index in [2.05, 4.69) is 72.8 Å². The molecule has 4 rings (SSSR count). The molecule has 0 unspecified atom stereocenters. The summed E-state index contributed by atoms with van der Waals surface area (Å²) in [5.41, 5.74) is 4.08. The minimum Gasteiger partial charge on any atom is -0.465 e. The lowest BCUT2D eigenvalue weighted by atomic mass is 9.83. The van der Waals surface area contributed by atoms with Crippen molar-refractivity contribution < 1.29 is 4.42 Å². The van der Waals surface area contributed by atoms with Crippen LogP contribution in [0, 0.1) is 0 Å². The first-order valence-electron chi connectivity index (χ1n) is 7.76. The summed E-state index contributed by atoms with van der Waals surface area (Å²) in [7, 11) is 0. The molecule has 0 saturated heterocycles. The molecule has 108 valence electrons. The van der Waals surface area contributed by atoms with Gasteiger partial charge < -0.3 is 4.42 Å². The molecule has 0 bridgehead atoms. The summed E-state index contributed by atoms with van der Waals surface area (Å²) in [6, 6.07) is 25.6. The predicted octanol–water partition coefficient (Wildman–Crippen LogP) is 5.63. The standard InChI is InChI=1S/C21H18O/c1-3-8-16(9-4-1)19-14-18(21-12-7-13-22-21)15-20(19)17-10-5-2-6-11-17/h1-14,19-20H,15H2/t19-,20+/m1/s1. The Labute approximate surface area is 130 Å². The van der Waals surface area contributed by atoms with Crippen molar-refractivity contribution in [2.24, 2.45) is 0 Å². The highest BCUT2D eigenvalue weighted by atomic mass is 16.3. The van der Waals surface area contributed by atoms with Gasteiger partial charge in [-0.1, -0.05) is 66.7 Å². The molecular weight excluding hydrogens is 268 g/mol. The lowest BCUT2D eigenvalue weighted by molar-refractivity contribution is 0.549. The first kappa shape index (κ1) is 13.1. The fraction of sp³-hybridized carbons (Fsp3) is 0.143. The molecule has 0 fully saturated rings. The Kier molecular flexibility index (Phi) is 3.40. The van der Waals surface area contributed by atoms with E-state index in [0.717, 1.165) is 12.2 Å². The molecule has 1 heterocycles. The van der Waals surface area contributed by atoms with Crippen LogP contribution in [-0.4, -0.2) is 0 Å². The van der Waals surface area contributed by atoms with Crippen LogP contribution in [0.2, 0.25) is 0 Å². The van der Waals surface area contributed by atoms with E-state index >= 15 is 0 Å². The lowest BCUT2D eigenvalue weighted by Gasteiger charge is -2.20. The molecule has 2 atom stereocenters. The molecule has 22 heavy (non-hydrogen) atoms. The number of allylic oxidation sites excluding steroid dienone is 2. The summed E-state index contributed by atoms with van der Waals surface area (Å²) in [4.78, 5) is 0. The van der Waals surface area contributed by atoms with Crippen molar-refractivity contribution in [2.45, 2.75) is 18.3 Å². The summed E-state index contributed by atoms with van der Waals surface area (Å²) in [5.74, 6) is 1.88. The van der Waals surface area contributed by atoms with Crippen molar-refractivity contribution in [1.82, 2.24) is 0 Å². The average Bonchev–Trinajstić information content (AvgIpc) is 3.26. The number of rotatable bonds is 3.